The summed E-state index contributed by atoms with van der Waals surface area (Å²) in [5.41, 5.74) is 2.73. The van der Waals surface area contributed by atoms with Crippen LogP contribution in [-0.2, 0) is 16.2 Å². The van der Waals surface area contributed by atoms with Crippen LogP contribution >= 0.6 is 23.2 Å². The van der Waals surface area contributed by atoms with Crippen LogP contribution in [0, 0.1) is 0 Å². The van der Waals surface area contributed by atoms with Gasteiger partial charge in [0, 0.05) is 26.7 Å². The first-order valence-electron chi connectivity index (χ1n) is 8.10. The van der Waals surface area contributed by atoms with Crippen LogP contribution < -0.4 is 0 Å². The Bertz CT molecular complexity index is 903. The number of hydrogen-bond donors (Lipinski definition) is 0. The fraction of sp³-hybridized carbons (Fsp3) is 0.0476. The third kappa shape index (κ3) is 5.33. The van der Waals surface area contributed by atoms with Crippen molar-refractivity contribution >= 4 is 35.1 Å². The summed E-state index contributed by atoms with van der Waals surface area (Å²) in [6.45, 7) is -0.0697. The highest BCUT2D eigenvalue weighted by Gasteiger charge is 2.11. The number of ether oxygens (including phenoxy) is 1. The quantitative estimate of drug-likeness (QED) is 0.225. The maximum Gasteiger partial charge on any atom is 0.535 e. The maximum absolute atomic E-state index is 12.0. The van der Waals surface area contributed by atoms with Gasteiger partial charge in [-0.3, -0.25) is 4.84 Å². The van der Waals surface area contributed by atoms with E-state index in [0.29, 0.717) is 21.3 Å². The fourth-order valence-electron chi connectivity index (χ4n) is 2.36. The molecule has 0 aromatic heterocycles. The molecule has 3 rings (SSSR count). The molecule has 0 bridgehead atoms. The average Bonchev–Trinajstić information content (AvgIpc) is 2.70. The van der Waals surface area contributed by atoms with E-state index in [1.54, 1.807) is 18.2 Å². The number of benzene rings is 3. The van der Waals surface area contributed by atoms with Crippen LogP contribution in [0.1, 0.15) is 16.7 Å². The van der Waals surface area contributed by atoms with Crippen molar-refractivity contribution in [3.63, 3.8) is 0 Å². The number of carbonyl (C=O) groups is 1. The Kier molecular flexibility index (Phi) is 6.47. The molecule has 4 nitrogen and oxygen atoms in total. The normalized spacial score (nSPS) is 10.1. The fourth-order valence-corrected chi connectivity index (χ4v) is 2.73. The van der Waals surface area contributed by atoms with E-state index in [1.165, 1.54) is 0 Å². The number of rotatable bonds is 5. The van der Waals surface area contributed by atoms with E-state index in [4.69, 9.17) is 32.8 Å². The summed E-state index contributed by atoms with van der Waals surface area (Å²) in [4.78, 5) is 16.9. The largest absolute Gasteiger partial charge is 0.535 e. The molecule has 0 radical (unpaired) electrons. The molecule has 0 aliphatic carbocycles. The highest BCUT2D eigenvalue weighted by Crippen LogP contribution is 2.21. The molecule has 0 spiro atoms. The minimum Gasteiger partial charge on any atom is -0.428 e. The zero-order chi connectivity index (χ0) is 19.1. The molecule has 3 aromatic carbocycles. The van der Waals surface area contributed by atoms with Crippen molar-refractivity contribution in [1.82, 2.24) is 0 Å². The Morgan fingerprint density at radius 1 is 0.852 bits per heavy atom. The Morgan fingerprint density at radius 2 is 1.44 bits per heavy atom. The van der Waals surface area contributed by atoms with Crippen molar-refractivity contribution in [1.29, 1.82) is 0 Å². The molecule has 0 aliphatic heterocycles. The van der Waals surface area contributed by atoms with Crippen molar-refractivity contribution in [3.8, 4) is 0 Å². The lowest BCUT2D eigenvalue weighted by Crippen LogP contribution is -2.09. The van der Waals surface area contributed by atoms with Crippen molar-refractivity contribution in [2.75, 3.05) is 0 Å². The maximum atomic E-state index is 12.0. The van der Waals surface area contributed by atoms with E-state index >= 15 is 0 Å². The molecule has 27 heavy (non-hydrogen) atoms. The Hall–Kier alpha value is -2.82. The standard InChI is InChI=1S/C21H15Cl2NO3/c22-18-11-12-19(23)17(13-18)14-26-21(25)27-24-20(15-7-3-1-4-8-15)16-9-5-2-6-10-16/h1-13H,14H2. The van der Waals surface area contributed by atoms with Gasteiger partial charge in [0.25, 0.3) is 0 Å². The van der Waals surface area contributed by atoms with Crippen LogP contribution in [0.5, 0.6) is 0 Å². The molecule has 0 heterocycles. The Balaban J connectivity index is 1.72. The summed E-state index contributed by atoms with van der Waals surface area (Å²) in [5.74, 6) is 0. The van der Waals surface area contributed by atoms with Gasteiger partial charge in [0.05, 0.1) is 0 Å². The molecule has 0 saturated heterocycles. The van der Waals surface area contributed by atoms with Gasteiger partial charge in [0.2, 0.25) is 0 Å². The second-order valence-electron chi connectivity index (χ2n) is 5.54. The van der Waals surface area contributed by atoms with E-state index in [2.05, 4.69) is 5.16 Å². The van der Waals surface area contributed by atoms with Crippen molar-refractivity contribution in [2.24, 2.45) is 5.16 Å². The van der Waals surface area contributed by atoms with Crippen molar-refractivity contribution in [2.45, 2.75) is 6.61 Å². The van der Waals surface area contributed by atoms with Crippen molar-refractivity contribution < 1.29 is 14.4 Å². The third-order valence-electron chi connectivity index (χ3n) is 3.66. The highest BCUT2D eigenvalue weighted by molar-refractivity contribution is 6.33. The molecule has 136 valence electrons. The van der Waals surface area contributed by atoms with E-state index in [1.807, 2.05) is 60.7 Å². The highest BCUT2D eigenvalue weighted by atomic mass is 35.5. The number of hydrogen-bond acceptors (Lipinski definition) is 4. The van der Waals surface area contributed by atoms with Gasteiger partial charge in [-0.1, -0.05) is 89.0 Å². The number of oxime groups is 1. The predicted octanol–water partition coefficient (Wildman–Crippen LogP) is 6.10. The third-order valence-corrected chi connectivity index (χ3v) is 4.26. The molecule has 3 aromatic rings. The molecule has 6 heteroatoms. The molecule has 0 N–H and O–H groups in total. The summed E-state index contributed by atoms with van der Waals surface area (Å²) in [6.07, 6.45) is -0.935. The van der Waals surface area contributed by atoms with Gasteiger partial charge in [0.15, 0.2) is 0 Å². The predicted molar refractivity (Wildman–Crippen MR) is 106 cm³/mol. The summed E-state index contributed by atoms with van der Waals surface area (Å²) >= 11 is 12.0. The van der Waals surface area contributed by atoms with Crippen LogP contribution in [0.25, 0.3) is 0 Å². The van der Waals surface area contributed by atoms with Gasteiger partial charge in [-0.25, -0.2) is 4.79 Å². The molecule has 0 amide bonds. The van der Waals surface area contributed by atoms with Gasteiger partial charge in [-0.05, 0) is 18.2 Å². The molecular formula is C21H15Cl2NO3. The van der Waals surface area contributed by atoms with E-state index in [9.17, 15) is 4.79 Å². The first kappa shape index (κ1) is 19.0. The lowest BCUT2D eigenvalue weighted by atomic mass is 10.0. The molecule has 0 atom stereocenters. The zero-order valence-electron chi connectivity index (χ0n) is 14.1. The van der Waals surface area contributed by atoms with Crippen LogP contribution in [-0.4, -0.2) is 11.9 Å². The number of nitrogens with zero attached hydrogens (tertiary/aromatic N) is 1. The summed E-state index contributed by atoms with van der Waals surface area (Å²) < 4.78 is 5.07. The first-order valence-corrected chi connectivity index (χ1v) is 8.85. The number of carbonyl (C=O) groups excluding carboxylic acids is 1. The van der Waals surface area contributed by atoms with Gasteiger partial charge < -0.3 is 4.74 Å². The van der Waals surface area contributed by atoms with Gasteiger partial charge in [0.1, 0.15) is 12.3 Å². The monoisotopic (exact) mass is 399 g/mol. The minimum atomic E-state index is -0.935. The average molecular weight is 400 g/mol. The molecule has 0 fully saturated rings. The zero-order valence-corrected chi connectivity index (χ0v) is 15.7. The number of halogens is 2. The molecule has 0 unspecified atom stereocenters. The summed E-state index contributed by atoms with van der Waals surface area (Å²) in [7, 11) is 0. The van der Waals surface area contributed by atoms with Gasteiger partial charge >= 0.3 is 6.16 Å². The molecular weight excluding hydrogens is 385 g/mol. The topological polar surface area (TPSA) is 47.9 Å². The first-order chi connectivity index (χ1) is 13.1. The van der Waals surface area contributed by atoms with Crippen LogP contribution in [0.15, 0.2) is 84.0 Å². The second kappa shape index (κ2) is 9.21. The van der Waals surface area contributed by atoms with E-state index < -0.39 is 6.16 Å². The van der Waals surface area contributed by atoms with Gasteiger partial charge in [-0.15, -0.1) is 0 Å². The second-order valence-corrected chi connectivity index (χ2v) is 6.38. The van der Waals surface area contributed by atoms with Crippen LogP contribution in [0.2, 0.25) is 10.0 Å². The lowest BCUT2D eigenvalue weighted by Gasteiger charge is -2.08. The smallest absolute Gasteiger partial charge is 0.428 e. The van der Waals surface area contributed by atoms with E-state index in [0.717, 1.165) is 11.1 Å². The lowest BCUT2D eigenvalue weighted by molar-refractivity contribution is 0.0521. The summed E-state index contributed by atoms with van der Waals surface area (Å²) in [6, 6.07) is 23.8. The van der Waals surface area contributed by atoms with Crippen LogP contribution in [0.4, 0.5) is 4.79 Å². The SMILES string of the molecule is O=C(OCc1cc(Cl)ccc1Cl)ON=C(c1ccccc1)c1ccccc1. The Labute approximate surface area is 166 Å². The van der Waals surface area contributed by atoms with Crippen molar-refractivity contribution in [3.05, 3.63) is 106 Å². The van der Waals surface area contributed by atoms with E-state index in [-0.39, 0.29) is 6.61 Å². The Morgan fingerprint density at radius 3 is 2.04 bits per heavy atom. The molecule has 0 aliphatic rings. The minimum absolute atomic E-state index is 0.0697. The van der Waals surface area contributed by atoms with Gasteiger partial charge in [-0.2, -0.15) is 0 Å². The van der Waals surface area contributed by atoms with Crippen LogP contribution in [0.3, 0.4) is 0 Å². The summed E-state index contributed by atoms with van der Waals surface area (Å²) in [5, 5.41) is 4.95. The molecule has 0 saturated carbocycles.